The van der Waals surface area contributed by atoms with E-state index in [1.165, 1.54) is 0 Å². The van der Waals surface area contributed by atoms with Crippen molar-refractivity contribution in [1.82, 2.24) is 0 Å². The lowest BCUT2D eigenvalue weighted by Crippen LogP contribution is -2.25. The first-order valence-electron chi connectivity index (χ1n) is 9.76. The highest BCUT2D eigenvalue weighted by molar-refractivity contribution is 6.25. The van der Waals surface area contributed by atoms with Gasteiger partial charge in [0.25, 0.3) is 0 Å². The van der Waals surface area contributed by atoms with E-state index in [1.807, 2.05) is 91.9 Å². The van der Waals surface area contributed by atoms with Crippen LogP contribution in [0.3, 0.4) is 0 Å². The standard InChI is InChI=1S/C26H22O3/c1-18-12-14-21(15-13-18)24-22(16-17-29-26(24)28)25(27)23(19-8-4-2-5-9-19)20-10-6-3-7-11-20/h2-15,23H,16-17H2,1H3. The zero-order valence-electron chi connectivity index (χ0n) is 16.3. The van der Waals surface area contributed by atoms with Gasteiger partial charge in [-0.3, -0.25) is 4.79 Å². The Morgan fingerprint density at radius 3 is 1.93 bits per heavy atom. The van der Waals surface area contributed by atoms with Crippen LogP contribution in [0.5, 0.6) is 0 Å². The maximum atomic E-state index is 13.8. The van der Waals surface area contributed by atoms with Gasteiger partial charge in [-0.15, -0.1) is 0 Å². The molecule has 0 aliphatic carbocycles. The molecule has 0 N–H and O–H groups in total. The molecule has 3 nitrogen and oxygen atoms in total. The van der Waals surface area contributed by atoms with Crippen molar-refractivity contribution in [3.63, 3.8) is 0 Å². The van der Waals surface area contributed by atoms with Crippen molar-refractivity contribution >= 4 is 17.3 Å². The molecule has 0 amide bonds. The van der Waals surface area contributed by atoms with Gasteiger partial charge in [-0.2, -0.15) is 0 Å². The van der Waals surface area contributed by atoms with Crippen LogP contribution in [0.15, 0.2) is 90.5 Å². The fourth-order valence-electron chi connectivity index (χ4n) is 3.79. The predicted molar refractivity (Wildman–Crippen MR) is 113 cm³/mol. The molecule has 0 spiro atoms. The molecule has 0 bridgehead atoms. The number of benzene rings is 3. The van der Waals surface area contributed by atoms with E-state index in [1.54, 1.807) is 0 Å². The smallest absolute Gasteiger partial charge is 0.339 e. The molecule has 1 aliphatic rings. The Kier molecular flexibility index (Phi) is 5.39. The molecule has 0 aromatic heterocycles. The van der Waals surface area contributed by atoms with Gasteiger partial charge in [-0.25, -0.2) is 4.79 Å². The van der Waals surface area contributed by atoms with E-state index >= 15 is 0 Å². The molecule has 3 aromatic carbocycles. The van der Waals surface area contributed by atoms with Crippen LogP contribution in [0.2, 0.25) is 0 Å². The molecule has 0 unspecified atom stereocenters. The van der Waals surface area contributed by atoms with Gasteiger partial charge in [0.05, 0.1) is 18.1 Å². The summed E-state index contributed by atoms with van der Waals surface area (Å²) in [6.07, 6.45) is 0.421. The first-order chi connectivity index (χ1) is 14.1. The van der Waals surface area contributed by atoms with Gasteiger partial charge in [-0.05, 0) is 23.6 Å². The number of ketones is 1. The minimum absolute atomic E-state index is 0.0466. The second kappa shape index (κ2) is 8.27. The van der Waals surface area contributed by atoms with E-state index in [-0.39, 0.29) is 12.4 Å². The third-order valence-electron chi connectivity index (χ3n) is 5.26. The van der Waals surface area contributed by atoms with Gasteiger partial charge in [0.2, 0.25) is 0 Å². The molecule has 0 saturated heterocycles. The number of hydrogen-bond donors (Lipinski definition) is 0. The number of hydrogen-bond acceptors (Lipinski definition) is 3. The summed E-state index contributed by atoms with van der Waals surface area (Å²) in [5, 5.41) is 0. The van der Waals surface area contributed by atoms with Crippen molar-refractivity contribution in [1.29, 1.82) is 0 Å². The Bertz CT molecular complexity index is 1010. The van der Waals surface area contributed by atoms with Crippen molar-refractivity contribution in [3.05, 3.63) is 113 Å². The molecule has 0 fully saturated rings. The van der Waals surface area contributed by atoms with Crippen LogP contribution in [0.4, 0.5) is 0 Å². The Morgan fingerprint density at radius 1 is 0.828 bits per heavy atom. The zero-order chi connectivity index (χ0) is 20.2. The van der Waals surface area contributed by atoms with Crippen molar-refractivity contribution in [2.24, 2.45) is 0 Å². The van der Waals surface area contributed by atoms with Crippen LogP contribution in [-0.4, -0.2) is 18.4 Å². The Balaban J connectivity index is 1.86. The number of ether oxygens (including phenoxy) is 1. The Labute approximate surface area is 170 Å². The highest BCUT2D eigenvalue weighted by Crippen LogP contribution is 2.34. The minimum atomic E-state index is -0.459. The number of carbonyl (C=O) groups excluding carboxylic acids is 2. The fourth-order valence-corrected chi connectivity index (χ4v) is 3.79. The van der Waals surface area contributed by atoms with Gasteiger partial charge in [0.1, 0.15) is 0 Å². The summed E-state index contributed by atoms with van der Waals surface area (Å²) in [6, 6.07) is 27.1. The van der Waals surface area contributed by atoms with Crippen LogP contribution in [0.25, 0.3) is 5.57 Å². The molecule has 144 valence electrons. The molecule has 29 heavy (non-hydrogen) atoms. The van der Waals surface area contributed by atoms with Gasteiger partial charge in [0.15, 0.2) is 5.78 Å². The second-order valence-corrected chi connectivity index (χ2v) is 7.22. The topological polar surface area (TPSA) is 43.4 Å². The second-order valence-electron chi connectivity index (χ2n) is 7.22. The lowest BCUT2D eigenvalue weighted by atomic mass is 9.81. The summed E-state index contributed by atoms with van der Waals surface area (Å²) in [5.41, 5.74) is 4.58. The molecule has 0 radical (unpaired) electrons. The normalized spacial score (nSPS) is 14.1. The van der Waals surface area contributed by atoms with Crippen molar-refractivity contribution in [2.75, 3.05) is 6.61 Å². The van der Waals surface area contributed by atoms with Crippen molar-refractivity contribution in [3.8, 4) is 0 Å². The summed E-state index contributed by atoms with van der Waals surface area (Å²) >= 11 is 0. The molecule has 4 rings (SSSR count). The average molecular weight is 382 g/mol. The molecular weight excluding hydrogens is 360 g/mol. The summed E-state index contributed by atoms with van der Waals surface area (Å²) in [4.78, 5) is 26.5. The largest absolute Gasteiger partial charge is 0.462 e. The van der Waals surface area contributed by atoms with E-state index in [2.05, 4.69) is 0 Å². The van der Waals surface area contributed by atoms with Gasteiger partial charge in [0, 0.05) is 12.0 Å². The van der Waals surface area contributed by atoms with E-state index in [4.69, 9.17) is 4.74 Å². The summed E-state index contributed by atoms with van der Waals surface area (Å²) in [5.74, 6) is -0.934. The van der Waals surface area contributed by atoms with Crippen LogP contribution in [0.1, 0.15) is 34.6 Å². The zero-order valence-corrected chi connectivity index (χ0v) is 16.3. The van der Waals surface area contributed by atoms with Crippen LogP contribution in [-0.2, 0) is 14.3 Å². The van der Waals surface area contributed by atoms with E-state index in [0.717, 1.165) is 22.3 Å². The molecule has 0 saturated carbocycles. The maximum absolute atomic E-state index is 13.8. The SMILES string of the molecule is Cc1ccc(C2=C(C(=O)C(c3ccccc3)c3ccccc3)CCOC2=O)cc1. The highest BCUT2D eigenvalue weighted by Gasteiger charge is 2.33. The third-order valence-corrected chi connectivity index (χ3v) is 5.26. The molecule has 1 aliphatic heterocycles. The maximum Gasteiger partial charge on any atom is 0.339 e. The molecule has 3 aromatic rings. The molecule has 1 heterocycles. The number of aryl methyl sites for hydroxylation is 1. The monoisotopic (exact) mass is 382 g/mol. The number of rotatable bonds is 5. The number of carbonyl (C=O) groups is 2. The van der Waals surface area contributed by atoms with Crippen LogP contribution >= 0.6 is 0 Å². The van der Waals surface area contributed by atoms with E-state index in [9.17, 15) is 9.59 Å². The fraction of sp³-hybridized carbons (Fsp3) is 0.154. The lowest BCUT2D eigenvalue weighted by molar-refractivity contribution is -0.138. The summed E-state index contributed by atoms with van der Waals surface area (Å²) in [7, 11) is 0. The molecular formula is C26H22O3. The Morgan fingerprint density at radius 2 is 1.38 bits per heavy atom. The quantitative estimate of drug-likeness (QED) is 0.577. The Hall–Kier alpha value is -3.46. The number of esters is 1. The number of cyclic esters (lactones) is 1. The third kappa shape index (κ3) is 3.90. The summed E-state index contributed by atoms with van der Waals surface area (Å²) in [6.45, 7) is 2.22. The van der Waals surface area contributed by atoms with Crippen molar-refractivity contribution in [2.45, 2.75) is 19.3 Å². The van der Waals surface area contributed by atoms with Gasteiger partial charge < -0.3 is 4.74 Å². The summed E-state index contributed by atoms with van der Waals surface area (Å²) < 4.78 is 5.30. The minimum Gasteiger partial charge on any atom is -0.462 e. The molecule has 0 atom stereocenters. The molecule has 3 heteroatoms. The van der Waals surface area contributed by atoms with Gasteiger partial charge >= 0.3 is 5.97 Å². The first-order valence-corrected chi connectivity index (χ1v) is 9.76. The number of Topliss-reactive ketones (excluding diaryl/α,β-unsaturated/α-hetero) is 1. The first kappa shape index (κ1) is 18.9. The highest BCUT2D eigenvalue weighted by atomic mass is 16.5. The van der Waals surface area contributed by atoms with Crippen molar-refractivity contribution < 1.29 is 14.3 Å². The predicted octanol–water partition coefficient (Wildman–Crippen LogP) is 5.10. The lowest BCUT2D eigenvalue weighted by Gasteiger charge is -2.24. The van der Waals surface area contributed by atoms with E-state index in [0.29, 0.717) is 17.6 Å². The van der Waals surface area contributed by atoms with E-state index < -0.39 is 11.9 Å². The van der Waals surface area contributed by atoms with Gasteiger partial charge in [-0.1, -0.05) is 90.5 Å². The van der Waals surface area contributed by atoms with Crippen LogP contribution < -0.4 is 0 Å². The van der Waals surface area contributed by atoms with Crippen LogP contribution in [0, 0.1) is 6.92 Å². The average Bonchev–Trinajstić information content (AvgIpc) is 2.76.